The van der Waals surface area contributed by atoms with Crippen LogP contribution in [0.15, 0.2) is 21.1 Å². The largest absolute Gasteiger partial charge is 0.457 e. The van der Waals surface area contributed by atoms with Crippen molar-refractivity contribution in [2.24, 2.45) is 7.05 Å². The molecule has 1 unspecified atom stereocenters. The van der Waals surface area contributed by atoms with Crippen molar-refractivity contribution in [2.75, 3.05) is 0 Å². The topological polar surface area (TPSA) is 130 Å². The van der Waals surface area contributed by atoms with E-state index in [1.165, 1.54) is 16.3 Å². The van der Waals surface area contributed by atoms with E-state index in [0.717, 1.165) is 19.3 Å². The predicted octanol–water partition coefficient (Wildman–Crippen LogP) is 1.45. The number of fused-ring (bicyclic) bond motifs is 1. The second-order valence-corrected chi connectivity index (χ2v) is 8.52. The van der Waals surface area contributed by atoms with Gasteiger partial charge >= 0.3 is 11.7 Å². The van der Waals surface area contributed by atoms with Gasteiger partial charge in [-0.05, 0) is 19.8 Å². The average Bonchev–Trinajstić information content (AvgIpc) is 3.30. The summed E-state index contributed by atoms with van der Waals surface area (Å²) in [6.45, 7) is 6.59. The fourth-order valence-electron chi connectivity index (χ4n) is 3.15. The van der Waals surface area contributed by atoms with Crippen molar-refractivity contribution in [3.8, 4) is 0 Å². The van der Waals surface area contributed by atoms with E-state index in [9.17, 15) is 14.4 Å². The molecule has 0 fully saturated rings. The van der Waals surface area contributed by atoms with Crippen molar-refractivity contribution in [3.63, 3.8) is 0 Å². The summed E-state index contributed by atoms with van der Waals surface area (Å²) in [6.07, 6.45) is 3.98. The number of unbranched alkanes of at least 4 members (excludes halogenated alkanes) is 1. The van der Waals surface area contributed by atoms with Crippen molar-refractivity contribution in [1.82, 2.24) is 33.9 Å². The normalized spacial score (nSPS) is 12.4. The fraction of sp³-hybridized carbons (Fsp3) is 0.579. The highest BCUT2D eigenvalue weighted by Crippen LogP contribution is 2.21. The maximum absolute atomic E-state index is 12.5. The molecule has 3 aromatic heterocycles. The number of imidazole rings is 1. The molecule has 0 amide bonds. The van der Waals surface area contributed by atoms with Gasteiger partial charge in [-0.3, -0.25) is 19.1 Å². The molecule has 0 saturated carbocycles. The Hall–Kier alpha value is -2.89. The van der Waals surface area contributed by atoms with Gasteiger partial charge in [-0.15, -0.1) is 10.2 Å². The molecule has 0 aromatic carbocycles. The van der Waals surface area contributed by atoms with Gasteiger partial charge in [0, 0.05) is 20.1 Å². The number of ether oxygens (including phenoxy) is 1. The number of hydrogen-bond acceptors (Lipinski definition) is 8. The maximum atomic E-state index is 12.5. The van der Waals surface area contributed by atoms with Gasteiger partial charge in [-0.1, -0.05) is 32.0 Å². The lowest BCUT2D eigenvalue weighted by Crippen LogP contribution is -2.31. The molecule has 0 radical (unpaired) electrons. The second kappa shape index (κ2) is 9.94. The lowest BCUT2D eigenvalue weighted by molar-refractivity contribution is -0.144. The van der Waals surface area contributed by atoms with Crippen LogP contribution in [0.25, 0.3) is 11.2 Å². The standard InChI is InChI=1S/C19H27N7O4S/c1-5-7-9-26-15-14(16(27)22-18(26)29)25(8-6-2)13(21-15)10-30-17(28)12(3)31-19-23-20-11-24(19)4/h11-12H,5-10H2,1-4H3,(H,22,27,29). The van der Waals surface area contributed by atoms with E-state index < -0.39 is 22.5 Å². The van der Waals surface area contributed by atoms with E-state index in [4.69, 9.17) is 4.74 Å². The molecular formula is C19H27N7O4S. The van der Waals surface area contributed by atoms with Crippen LogP contribution in [0.1, 0.15) is 45.9 Å². The van der Waals surface area contributed by atoms with E-state index in [1.54, 1.807) is 29.4 Å². The minimum atomic E-state index is -0.502. The summed E-state index contributed by atoms with van der Waals surface area (Å²) in [5, 5.41) is 7.86. The van der Waals surface area contributed by atoms with Crippen LogP contribution in [0, 0.1) is 0 Å². The van der Waals surface area contributed by atoms with Crippen LogP contribution in [0.4, 0.5) is 0 Å². The van der Waals surface area contributed by atoms with Crippen molar-refractivity contribution in [2.45, 2.75) is 70.1 Å². The van der Waals surface area contributed by atoms with E-state index >= 15 is 0 Å². The molecule has 0 spiro atoms. The number of thioether (sulfide) groups is 1. The Morgan fingerprint density at radius 1 is 1.23 bits per heavy atom. The Bertz CT molecular complexity index is 1180. The number of rotatable bonds is 10. The Balaban J connectivity index is 1.87. The van der Waals surface area contributed by atoms with Crippen LogP contribution in [-0.2, 0) is 36.3 Å². The Morgan fingerprint density at radius 2 is 2.00 bits per heavy atom. The summed E-state index contributed by atoms with van der Waals surface area (Å²) in [6, 6.07) is 0. The second-order valence-electron chi connectivity index (χ2n) is 7.21. The first-order valence-corrected chi connectivity index (χ1v) is 11.1. The van der Waals surface area contributed by atoms with Gasteiger partial charge < -0.3 is 13.9 Å². The van der Waals surface area contributed by atoms with E-state index in [2.05, 4.69) is 20.2 Å². The maximum Gasteiger partial charge on any atom is 0.330 e. The summed E-state index contributed by atoms with van der Waals surface area (Å²) in [5.41, 5.74) is -0.324. The zero-order valence-corrected chi connectivity index (χ0v) is 18.9. The first-order valence-electron chi connectivity index (χ1n) is 10.3. The average molecular weight is 450 g/mol. The van der Waals surface area contributed by atoms with Gasteiger partial charge in [0.1, 0.15) is 24.0 Å². The molecule has 0 saturated heterocycles. The van der Waals surface area contributed by atoms with Gasteiger partial charge in [0.2, 0.25) is 0 Å². The van der Waals surface area contributed by atoms with E-state index in [0.29, 0.717) is 35.2 Å². The number of carbonyl (C=O) groups excluding carboxylic acids is 1. The van der Waals surface area contributed by atoms with Crippen LogP contribution in [0.3, 0.4) is 0 Å². The molecule has 168 valence electrons. The number of aryl methyl sites for hydroxylation is 3. The molecule has 0 aliphatic rings. The molecule has 31 heavy (non-hydrogen) atoms. The smallest absolute Gasteiger partial charge is 0.330 e. The van der Waals surface area contributed by atoms with Crippen LogP contribution >= 0.6 is 11.8 Å². The third kappa shape index (κ3) is 4.89. The third-order valence-electron chi connectivity index (χ3n) is 4.77. The molecule has 3 rings (SSSR count). The van der Waals surface area contributed by atoms with E-state index in [-0.39, 0.29) is 6.61 Å². The summed E-state index contributed by atoms with van der Waals surface area (Å²) < 4.78 is 10.4. The molecule has 0 aliphatic carbocycles. The van der Waals surface area contributed by atoms with Crippen LogP contribution < -0.4 is 11.2 Å². The van der Waals surface area contributed by atoms with Gasteiger partial charge in [0.15, 0.2) is 16.3 Å². The summed E-state index contributed by atoms with van der Waals surface area (Å²) >= 11 is 1.24. The first-order chi connectivity index (χ1) is 14.9. The minimum absolute atomic E-state index is 0.0986. The van der Waals surface area contributed by atoms with Crippen molar-refractivity contribution in [3.05, 3.63) is 33.0 Å². The lowest BCUT2D eigenvalue weighted by atomic mass is 10.3. The Kier molecular flexibility index (Phi) is 7.31. The SMILES string of the molecule is CCCCn1c(=O)[nH]c(=O)c2c1nc(COC(=O)C(C)Sc1nncn1C)n2CCC. The molecule has 3 heterocycles. The highest BCUT2D eigenvalue weighted by molar-refractivity contribution is 8.00. The molecule has 1 atom stereocenters. The molecule has 11 nitrogen and oxygen atoms in total. The minimum Gasteiger partial charge on any atom is -0.457 e. The highest BCUT2D eigenvalue weighted by atomic mass is 32.2. The van der Waals surface area contributed by atoms with Crippen LogP contribution in [0.2, 0.25) is 0 Å². The number of aromatic nitrogens is 7. The van der Waals surface area contributed by atoms with Crippen molar-refractivity contribution < 1.29 is 9.53 Å². The van der Waals surface area contributed by atoms with Gasteiger partial charge in [-0.25, -0.2) is 9.78 Å². The number of nitrogens with one attached hydrogen (secondary N) is 1. The molecular weight excluding hydrogens is 422 g/mol. The van der Waals surface area contributed by atoms with E-state index in [1.807, 2.05) is 13.8 Å². The quantitative estimate of drug-likeness (QED) is 0.364. The molecule has 1 N–H and O–H groups in total. The number of aromatic amines is 1. The van der Waals surface area contributed by atoms with Gasteiger partial charge in [0.05, 0.1) is 0 Å². The number of esters is 1. The predicted molar refractivity (Wildman–Crippen MR) is 116 cm³/mol. The number of H-pyrrole nitrogens is 1. The fourth-order valence-corrected chi connectivity index (χ4v) is 3.94. The molecule has 0 bridgehead atoms. The van der Waals surface area contributed by atoms with Gasteiger partial charge in [0.25, 0.3) is 5.56 Å². The summed E-state index contributed by atoms with van der Waals surface area (Å²) in [4.78, 5) is 44.3. The third-order valence-corrected chi connectivity index (χ3v) is 5.90. The summed E-state index contributed by atoms with van der Waals surface area (Å²) in [5.74, 6) is 0.00259. The first kappa shape index (κ1) is 22.8. The monoisotopic (exact) mass is 449 g/mol. The molecule has 3 aromatic rings. The van der Waals surface area contributed by atoms with Crippen LogP contribution in [0.5, 0.6) is 0 Å². The molecule has 12 heteroatoms. The number of hydrogen-bond donors (Lipinski definition) is 1. The van der Waals surface area contributed by atoms with Crippen molar-refractivity contribution >= 4 is 28.9 Å². The zero-order chi connectivity index (χ0) is 22.5. The Morgan fingerprint density at radius 3 is 2.65 bits per heavy atom. The van der Waals surface area contributed by atoms with Crippen LogP contribution in [-0.4, -0.2) is 45.1 Å². The summed E-state index contributed by atoms with van der Waals surface area (Å²) in [7, 11) is 1.79. The lowest BCUT2D eigenvalue weighted by Gasteiger charge is -2.11. The van der Waals surface area contributed by atoms with Gasteiger partial charge in [-0.2, -0.15) is 0 Å². The highest BCUT2D eigenvalue weighted by Gasteiger charge is 2.22. The molecule has 0 aliphatic heterocycles. The number of nitrogens with zero attached hydrogens (tertiary/aromatic N) is 6. The Labute approximate surface area is 182 Å². The van der Waals surface area contributed by atoms with Crippen molar-refractivity contribution in [1.29, 1.82) is 0 Å². The number of carbonyl (C=O) groups is 1. The zero-order valence-electron chi connectivity index (χ0n) is 18.1.